The van der Waals surface area contributed by atoms with E-state index in [4.69, 9.17) is 37.9 Å². The first-order valence-corrected chi connectivity index (χ1v) is 17.7. The summed E-state index contributed by atoms with van der Waals surface area (Å²) in [5, 5.41) is 3.22. The van der Waals surface area contributed by atoms with Gasteiger partial charge in [0.25, 0.3) is 5.91 Å². The topological polar surface area (TPSA) is 108 Å². The highest BCUT2D eigenvalue weighted by Crippen LogP contribution is 2.52. The van der Waals surface area contributed by atoms with Gasteiger partial charge in [0, 0.05) is 39.8 Å². The van der Waals surface area contributed by atoms with E-state index in [1.165, 1.54) is 0 Å². The van der Waals surface area contributed by atoms with Crippen LogP contribution in [0.15, 0.2) is 65.1 Å². The fourth-order valence-electron chi connectivity index (χ4n) is 6.96. The standard InChI is InChI=1S/C41H43BrN2O9/c1-46-29-11-9-23(17-31(29)48-3)13-15-43-41(45)40-38(27-21-35(52-7)36(53-8)22-28(27)42)37(25-10-12-30(47-2)32(19-25)49-4)39-26-20-34(51-6)33(50-5)18-24(26)14-16-44(39)40/h9-12,17-22H,13-16H2,1-8H3,(H,43,45). The number of aromatic nitrogens is 1. The molecular formula is C41H43BrN2O9. The van der Waals surface area contributed by atoms with Crippen LogP contribution in [0.3, 0.4) is 0 Å². The molecule has 0 unspecified atom stereocenters. The Morgan fingerprint density at radius 3 is 1.77 bits per heavy atom. The molecule has 53 heavy (non-hydrogen) atoms. The first-order chi connectivity index (χ1) is 25.7. The molecule has 5 aromatic rings. The lowest BCUT2D eigenvalue weighted by Crippen LogP contribution is -2.29. The van der Waals surface area contributed by atoms with E-state index in [-0.39, 0.29) is 5.91 Å². The van der Waals surface area contributed by atoms with E-state index in [9.17, 15) is 4.79 Å². The second-order valence-corrected chi connectivity index (χ2v) is 13.0. The lowest BCUT2D eigenvalue weighted by atomic mass is 9.89. The Bertz CT molecular complexity index is 2160. The van der Waals surface area contributed by atoms with E-state index in [2.05, 4.69) is 25.8 Å². The van der Waals surface area contributed by atoms with Gasteiger partial charge in [-0.05, 0) is 78.1 Å². The van der Waals surface area contributed by atoms with Crippen LogP contribution < -0.4 is 43.2 Å². The lowest BCUT2D eigenvalue weighted by molar-refractivity contribution is 0.0945. The number of nitrogens with one attached hydrogen (secondary N) is 1. The molecule has 1 aliphatic rings. The van der Waals surface area contributed by atoms with Crippen molar-refractivity contribution in [2.45, 2.75) is 19.4 Å². The number of carbonyl (C=O) groups excluding carboxylic acids is 1. The molecule has 6 rings (SSSR count). The predicted octanol–water partition coefficient (Wildman–Crippen LogP) is 7.85. The molecule has 0 radical (unpaired) electrons. The summed E-state index contributed by atoms with van der Waals surface area (Å²) >= 11 is 3.82. The lowest BCUT2D eigenvalue weighted by Gasteiger charge is -2.24. The number of benzene rings is 4. The van der Waals surface area contributed by atoms with Gasteiger partial charge in [0.15, 0.2) is 46.0 Å². The Morgan fingerprint density at radius 2 is 1.15 bits per heavy atom. The van der Waals surface area contributed by atoms with Crippen molar-refractivity contribution < 1.29 is 42.7 Å². The van der Waals surface area contributed by atoms with Crippen molar-refractivity contribution in [3.05, 3.63) is 82.0 Å². The Balaban J connectivity index is 1.61. The highest BCUT2D eigenvalue weighted by atomic mass is 79.9. The van der Waals surface area contributed by atoms with Gasteiger partial charge in [-0.2, -0.15) is 0 Å². The summed E-state index contributed by atoms with van der Waals surface area (Å²) < 4.78 is 48.1. The highest BCUT2D eigenvalue weighted by molar-refractivity contribution is 9.10. The molecule has 1 N–H and O–H groups in total. The first kappa shape index (κ1) is 37.3. The van der Waals surface area contributed by atoms with Gasteiger partial charge in [-0.25, -0.2) is 0 Å². The van der Waals surface area contributed by atoms with Crippen LogP contribution in [0, 0.1) is 0 Å². The van der Waals surface area contributed by atoms with Crippen LogP contribution in [0.1, 0.15) is 21.6 Å². The van der Waals surface area contributed by atoms with Gasteiger partial charge < -0.3 is 47.8 Å². The maximum absolute atomic E-state index is 14.8. The monoisotopic (exact) mass is 786 g/mol. The first-order valence-electron chi connectivity index (χ1n) is 16.9. The molecule has 0 bridgehead atoms. The molecule has 4 aromatic carbocycles. The molecule has 11 nitrogen and oxygen atoms in total. The number of hydrogen-bond donors (Lipinski definition) is 1. The molecule has 0 aliphatic carbocycles. The quantitative estimate of drug-likeness (QED) is 0.120. The van der Waals surface area contributed by atoms with Crippen LogP contribution in [0.4, 0.5) is 0 Å². The average molecular weight is 788 g/mol. The maximum Gasteiger partial charge on any atom is 0.268 e. The summed E-state index contributed by atoms with van der Waals surface area (Å²) in [6, 6.07) is 19.3. The van der Waals surface area contributed by atoms with Gasteiger partial charge in [0.2, 0.25) is 0 Å². The van der Waals surface area contributed by atoms with E-state index >= 15 is 0 Å². The van der Waals surface area contributed by atoms with Gasteiger partial charge in [-0.15, -0.1) is 0 Å². The van der Waals surface area contributed by atoms with Gasteiger partial charge in [-0.1, -0.05) is 28.1 Å². The molecule has 0 saturated carbocycles. The van der Waals surface area contributed by atoms with E-state index < -0.39 is 0 Å². The zero-order chi connectivity index (χ0) is 37.8. The fourth-order valence-corrected chi connectivity index (χ4v) is 7.48. The minimum Gasteiger partial charge on any atom is -0.493 e. The molecule has 1 aliphatic heterocycles. The largest absolute Gasteiger partial charge is 0.493 e. The fraction of sp³-hybridized carbons (Fsp3) is 0.293. The molecule has 2 heterocycles. The third-order valence-electron chi connectivity index (χ3n) is 9.51. The van der Waals surface area contributed by atoms with Crippen LogP contribution >= 0.6 is 15.9 Å². The van der Waals surface area contributed by atoms with Crippen molar-refractivity contribution in [1.82, 2.24) is 9.88 Å². The molecule has 0 fully saturated rings. The molecule has 0 spiro atoms. The second kappa shape index (κ2) is 16.0. The van der Waals surface area contributed by atoms with Crippen LogP contribution in [0.2, 0.25) is 0 Å². The van der Waals surface area contributed by atoms with Crippen LogP contribution in [-0.2, 0) is 19.4 Å². The number of hydrogen-bond acceptors (Lipinski definition) is 9. The highest BCUT2D eigenvalue weighted by Gasteiger charge is 2.35. The third-order valence-corrected chi connectivity index (χ3v) is 10.2. The predicted molar refractivity (Wildman–Crippen MR) is 207 cm³/mol. The van der Waals surface area contributed by atoms with Crippen molar-refractivity contribution in [3.63, 3.8) is 0 Å². The maximum atomic E-state index is 14.8. The Morgan fingerprint density at radius 1 is 0.623 bits per heavy atom. The zero-order valence-corrected chi connectivity index (χ0v) is 32.7. The van der Waals surface area contributed by atoms with Crippen molar-refractivity contribution in [2.75, 3.05) is 63.4 Å². The summed E-state index contributed by atoms with van der Waals surface area (Å²) in [5.41, 5.74) is 7.38. The molecule has 12 heteroatoms. The van der Waals surface area contributed by atoms with Crippen LogP contribution in [0.5, 0.6) is 46.0 Å². The van der Waals surface area contributed by atoms with Crippen molar-refractivity contribution in [3.8, 4) is 79.5 Å². The Kier molecular flexibility index (Phi) is 11.3. The number of nitrogens with zero attached hydrogens (tertiary/aromatic N) is 1. The number of amides is 1. The third kappa shape index (κ3) is 6.91. The average Bonchev–Trinajstić information content (AvgIpc) is 3.55. The Hall–Kier alpha value is -5.49. The number of rotatable bonds is 14. The van der Waals surface area contributed by atoms with E-state index in [1.807, 2.05) is 60.7 Å². The van der Waals surface area contributed by atoms with Crippen molar-refractivity contribution >= 4 is 21.8 Å². The van der Waals surface area contributed by atoms with Gasteiger partial charge in [-0.3, -0.25) is 4.79 Å². The number of halogens is 1. The molecular weight excluding hydrogens is 744 g/mol. The minimum atomic E-state index is -0.237. The van der Waals surface area contributed by atoms with Crippen molar-refractivity contribution in [1.29, 1.82) is 0 Å². The minimum absolute atomic E-state index is 0.237. The molecule has 278 valence electrons. The molecule has 1 amide bonds. The van der Waals surface area contributed by atoms with Crippen molar-refractivity contribution in [2.24, 2.45) is 0 Å². The number of fused-ring (bicyclic) bond motifs is 3. The number of aryl methyl sites for hydroxylation is 1. The number of carbonyl (C=O) groups is 1. The van der Waals surface area contributed by atoms with E-state index in [1.54, 1.807) is 56.9 Å². The normalized spacial score (nSPS) is 11.6. The SMILES string of the molecule is COc1ccc(CCNC(=O)c2c(-c3cc(OC)c(OC)cc3Br)c(-c3ccc(OC)c(OC)c3)c3n2CCc2cc(OC)c(OC)cc2-3)cc1OC. The molecule has 0 saturated heterocycles. The van der Waals surface area contributed by atoms with E-state index in [0.29, 0.717) is 87.7 Å². The van der Waals surface area contributed by atoms with Crippen LogP contribution in [0.25, 0.3) is 33.5 Å². The second-order valence-electron chi connectivity index (χ2n) is 12.2. The smallest absolute Gasteiger partial charge is 0.268 e. The van der Waals surface area contributed by atoms with Gasteiger partial charge in [0.05, 0.1) is 62.6 Å². The summed E-state index contributed by atoms with van der Waals surface area (Å²) in [6.07, 6.45) is 1.22. The summed E-state index contributed by atoms with van der Waals surface area (Å²) in [5.74, 6) is 4.43. The van der Waals surface area contributed by atoms with Gasteiger partial charge >= 0.3 is 0 Å². The van der Waals surface area contributed by atoms with Crippen LogP contribution in [-0.4, -0.2) is 73.9 Å². The zero-order valence-electron chi connectivity index (χ0n) is 31.1. The van der Waals surface area contributed by atoms with E-state index in [0.717, 1.165) is 39.1 Å². The summed E-state index contributed by atoms with van der Waals surface area (Å²) in [6.45, 7) is 0.899. The Labute approximate surface area is 317 Å². The number of methoxy groups -OCH3 is 8. The molecule has 1 aromatic heterocycles. The summed E-state index contributed by atoms with van der Waals surface area (Å²) in [7, 11) is 12.8. The number of ether oxygens (including phenoxy) is 8. The summed E-state index contributed by atoms with van der Waals surface area (Å²) in [4.78, 5) is 14.8. The molecule has 0 atom stereocenters. The van der Waals surface area contributed by atoms with Gasteiger partial charge in [0.1, 0.15) is 5.69 Å².